The Labute approximate surface area is 257 Å². The molecule has 0 bridgehead atoms. The lowest BCUT2D eigenvalue weighted by Gasteiger charge is -2.14. The Hall–Kier alpha value is -3.24. The first-order valence-corrected chi connectivity index (χ1v) is 16.2. The van der Waals surface area contributed by atoms with E-state index in [0.717, 1.165) is 62.6 Å². The lowest BCUT2D eigenvalue weighted by atomic mass is 10.1. The average Bonchev–Trinajstić information content (AvgIpc) is 3.55. The smallest absolute Gasteiger partial charge is 0.300 e. The molecule has 1 aliphatic rings. The largest absolute Gasteiger partial charge is 0.508 e. The summed E-state index contributed by atoms with van der Waals surface area (Å²) in [6, 6.07) is 21.2. The summed E-state index contributed by atoms with van der Waals surface area (Å²) < 4.78 is 18.7. The number of carbonyl (C=O) groups is 1. The minimum atomic E-state index is -0.875. The summed E-state index contributed by atoms with van der Waals surface area (Å²) in [4.78, 5) is 9.98. The van der Waals surface area contributed by atoms with Crippen LogP contribution in [0.1, 0.15) is 73.8 Å². The van der Waals surface area contributed by atoms with Crippen LogP contribution in [0.5, 0.6) is 11.5 Å². The molecule has 43 heavy (non-hydrogen) atoms. The van der Waals surface area contributed by atoms with Crippen LogP contribution in [-0.4, -0.2) is 55.6 Å². The van der Waals surface area contributed by atoms with E-state index in [-0.39, 0.29) is 12.4 Å². The number of aliphatic hydroxyl groups is 2. The van der Waals surface area contributed by atoms with Gasteiger partial charge in [0.15, 0.2) is 0 Å². The van der Waals surface area contributed by atoms with Gasteiger partial charge < -0.3 is 30.5 Å². The minimum Gasteiger partial charge on any atom is -0.508 e. The van der Waals surface area contributed by atoms with Crippen LogP contribution in [-0.2, 0) is 35.0 Å². The second-order valence-corrected chi connectivity index (χ2v) is 12.6. The van der Waals surface area contributed by atoms with E-state index in [0.29, 0.717) is 29.5 Å². The van der Waals surface area contributed by atoms with Crippen LogP contribution < -0.4 is 10.1 Å². The predicted octanol–water partition coefficient (Wildman–Crippen LogP) is 5.29. The number of ether oxygens (including phenoxy) is 1. The predicted molar refractivity (Wildman–Crippen MR) is 169 cm³/mol. The number of phenols is 1. The van der Waals surface area contributed by atoms with E-state index < -0.39 is 22.9 Å². The van der Waals surface area contributed by atoms with E-state index in [4.69, 9.17) is 14.6 Å². The Morgan fingerprint density at radius 3 is 2.42 bits per heavy atom. The first-order chi connectivity index (χ1) is 20.8. The third-order valence-corrected chi connectivity index (χ3v) is 9.17. The number of carboxylic acids is 1. The van der Waals surface area contributed by atoms with Crippen LogP contribution in [0.4, 0.5) is 0 Å². The van der Waals surface area contributed by atoms with Crippen molar-refractivity contribution in [1.29, 1.82) is 0 Å². The van der Waals surface area contributed by atoms with Crippen LogP contribution in [0, 0.1) is 0 Å². The monoisotopic (exact) mass is 611 g/mol. The molecule has 8 nitrogen and oxygen atoms in total. The summed E-state index contributed by atoms with van der Waals surface area (Å²) >= 11 is 0. The van der Waals surface area contributed by atoms with E-state index >= 15 is 0 Å². The molecule has 5 N–H and O–H groups in total. The van der Waals surface area contributed by atoms with Gasteiger partial charge in [0.05, 0.1) is 30.1 Å². The van der Waals surface area contributed by atoms with Gasteiger partial charge in [-0.05, 0) is 98.2 Å². The molecule has 0 heterocycles. The molecule has 0 spiro atoms. The highest BCUT2D eigenvalue weighted by Gasteiger charge is 2.22. The number of rotatable bonds is 15. The van der Waals surface area contributed by atoms with Crippen molar-refractivity contribution in [3.8, 4) is 11.5 Å². The second-order valence-electron chi connectivity index (χ2n) is 10.8. The van der Waals surface area contributed by atoms with Crippen molar-refractivity contribution in [1.82, 2.24) is 5.32 Å². The fourth-order valence-corrected chi connectivity index (χ4v) is 6.65. The molecule has 2 atom stereocenters. The van der Waals surface area contributed by atoms with Crippen molar-refractivity contribution in [2.45, 2.75) is 81.1 Å². The van der Waals surface area contributed by atoms with Gasteiger partial charge in [0.1, 0.15) is 11.5 Å². The fraction of sp³-hybridized carbons (Fsp3) is 0.441. The maximum absolute atomic E-state index is 12.8. The number of hydrogen-bond acceptors (Lipinski definition) is 7. The highest BCUT2D eigenvalue weighted by atomic mass is 32.2. The number of hydrogen-bond donors (Lipinski definition) is 5. The van der Waals surface area contributed by atoms with Crippen LogP contribution in [0.15, 0.2) is 71.6 Å². The Morgan fingerprint density at radius 2 is 1.72 bits per heavy atom. The topological polar surface area (TPSA) is 136 Å². The van der Waals surface area contributed by atoms with E-state index in [2.05, 4.69) is 29.6 Å². The molecule has 0 saturated heterocycles. The van der Waals surface area contributed by atoms with Crippen molar-refractivity contribution >= 4 is 16.8 Å². The molecule has 9 heteroatoms. The summed E-state index contributed by atoms with van der Waals surface area (Å²) in [6.07, 6.45) is 7.67. The molecular formula is C34H45NO7S. The third-order valence-electron chi connectivity index (χ3n) is 7.37. The Kier molecular flexibility index (Phi) is 14.7. The standard InChI is InChI=1S/C32H41NO5S.C2H4O2/c34-23-27-21-26(13-16-31(27)35)32(36)22-33-18-17-24-11-14-28(15-12-24)38-19-4-3-6-25-7-5-10-30(20-25)39(37)29-8-1-2-9-29;1-2(3)4/h5,7,10-16,20-21,29,32-36H,1-4,6,8-9,17-19,22-23H2;1H3,(H,3,4)/t32-,39?;/m0./s1. The van der Waals surface area contributed by atoms with E-state index in [1.165, 1.54) is 30.0 Å². The number of aryl methyl sites for hydroxylation is 1. The van der Waals surface area contributed by atoms with Crippen LogP contribution in [0.25, 0.3) is 0 Å². The summed E-state index contributed by atoms with van der Waals surface area (Å²) in [6.45, 7) is 2.59. The number of unbranched alkanes of at least 4 members (excludes halogenated alkanes) is 1. The summed E-state index contributed by atoms with van der Waals surface area (Å²) in [5.41, 5.74) is 3.51. The maximum Gasteiger partial charge on any atom is 0.300 e. The van der Waals surface area contributed by atoms with Crippen LogP contribution in [0.3, 0.4) is 0 Å². The zero-order valence-electron chi connectivity index (χ0n) is 24.9. The number of benzene rings is 3. The lowest BCUT2D eigenvalue weighted by molar-refractivity contribution is -0.134. The van der Waals surface area contributed by atoms with Crippen molar-refractivity contribution in [3.05, 3.63) is 89.0 Å². The molecule has 0 radical (unpaired) electrons. The van der Waals surface area contributed by atoms with E-state index in [9.17, 15) is 19.5 Å². The maximum atomic E-state index is 12.8. The highest BCUT2D eigenvalue weighted by Crippen LogP contribution is 2.27. The molecule has 234 valence electrons. The molecule has 0 aliphatic heterocycles. The number of aliphatic hydroxyl groups excluding tert-OH is 2. The zero-order chi connectivity index (χ0) is 31.0. The summed E-state index contributed by atoms with van der Waals surface area (Å²) in [5, 5.41) is 40.3. The van der Waals surface area contributed by atoms with Gasteiger partial charge in [0, 0.05) is 29.2 Å². The normalized spacial score (nSPS) is 14.5. The Bertz CT molecular complexity index is 1290. The lowest BCUT2D eigenvalue weighted by Crippen LogP contribution is -2.23. The third kappa shape index (κ3) is 12.1. The van der Waals surface area contributed by atoms with Gasteiger partial charge in [0.25, 0.3) is 5.97 Å². The van der Waals surface area contributed by atoms with Crippen molar-refractivity contribution in [2.24, 2.45) is 0 Å². The summed E-state index contributed by atoms with van der Waals surface area (Å²) in [7, 11) is -0.875. The van der Waals surface area contributed by atoms with Crippen LogP contribution >= 0.6 is 0 Å². The first-order valence-electron chi connectivity index (χ1n) is 15.0. The Morgan fingerprint density at radius 1 is 1.00 bits per heavy atom. The minimum absolute atomic E-state index is 0.0313. The molecule has 3 aromatic carbocycles. The fourth-order valence-electron chi connectivity index (χ4n) is 5.02. The van der Waals surface area contributed by atoms with Crippen molar-refractivity contribution in [2.75, 3.05) is 19.7 Å². The number of aliphatic carboxylic acids is 1. The summed E-state index contributed by atoms with van der Waals surface area (Å²) in [5.74, 6) is 0.0620. The molecule has 1 unspecified atom stereocenters. The Balaban J connectivity index is 0.00000119. The highest BCUT2D eigenvalue weighted by molar-refractivity contribution is 7.85. The van der Waals surface area contributed by atoms with Gasteiger partial charge in [-0.2, -0.15) is 0 Å². The van der Waals surface area contributed by atoms with Gasteiger partial charge in [-0.15, -0.1) is 0 Å². The molecule has 0 aromatic heterocycles. The quantitative estimate of drug-likeness (QED) is 0.146. The molecule has 1 saturated carbocycles. The first kappa shape index (κ1) is 34.3. The zero-order valence-corrected chi connectivity index (χ0v) is 25.7. The van der Waals surface area contributed by atoms with Gasteiger partial charge >= 0.3 is 0 Å². The molecule has 1 aliphatic carbocycles. The second kappa shape index (κ2) is 18.4. The average molecular weight is 612 g/mol. The molecule has 1 fully saturated rings. The molecule has 3 aromatic rings. The number of aromatic hydroxyl groups is 1. The van der Waals surface area contributed by atoms with Gasteiger partial charge in [0.2, 0.25) is 0 Å². The SMILES string of the molecule is CC(=O)O.O=S(c1cccc(CCCCOc2ccc(CCNC[C@H](O)c3ccc(O)c(CO)c3)cc2)c1)C1CCCC1. The molecular weight excluding hydrogens is 566 g/mol. The van der Waals surface area contributed by atoms with E-state index in [1.807, 2.05) is 24.3 Å². The number of carboxylic acid groups (broad SMARTS) is 1. The number of nitrogens with one attached hydrogen (secondary N) is 1. The van der Waals surface area contributed by atoms with Crippen molar-refractivity contribution < 1.29 is 34.2 Å². The van der Waals surface area contributed by atoms with E-state index in [1.54, 1.807) is 12.1 Å². The van der Waals surface area contributed by atoms with Gasteiger partial charge in [-0.3, -0.25) is 9.00 Å². The van der Waals surface area contributed by atoms with Gasteiger partial charge in [-0.1, -0.05) is 43.2 Å². The van der Waals surface area contributed by atoms with Crippen molar-refractivity contribution in [3.63, 3.8) is 0 Å². The van der Waals surface area contributed by atoms with Gasteiger partial charge in [-0.25, -0.2) is 0 Å². The molecule has 0 amide bonds. The molecule has 4 rings (SSSR count). The van der Waals surface area contributed by atoms with Crippen LogP contribution in [0.2, 0.25) is 0 Å².